The van der Waals surface area contributed by atoms with E-state index in [1.807, 2.05) is 30.3 Å². The van der Waals surface area contributed by atoms with Crippen LogP contribution in [0.1, 0.15) is 24.3 Å². The van der Waals surface area contributed by atoms with Gasteiger partial charge in [-0.3, -0.25) is 9.69 Å². The number of morpholine rings is 1. The van der Waals surface area contributed by atoms with Crippen molar-refractivity contribution in [2.75, 3.05) is 32.8 Å². The number of nitrogens with zero attached hydrogens (tertiary/aromatic N) is 3. The van der Waals surface area contributed by atoms with E-state index in [1.54, 1.807) is 16.9 Å². The smallest absolute Gasteiger partial charge is 0.271 e. The monoisotopic (exact) mass is 342 g/mol. The second-order valence-electron chi connectivity index (χ2n) is 6.84. The molecule has 2 aromatic rings. The Morgan fingerprint density at radius 3 is 2.88 bits per heavy atom. The summed E-state index contributed by atoms with van der Waals surface area (Å²) in [6.45, 7) is 8.54. The summed E-state index contributed by atoms with van der Waals surface area (Å²) >= 11 is 0. The van der Waals surface area contributed by atoms with Crippen molar-refractivity contribution in [1.29, 1.82) is 0 Å². The molecule has 1 aromatic carbocycles. The Kier molecular flexibility index (Phi) is 5.83. The minimum atomic E-state index is -0.167. The minimum Gasteiger partial charge on any atom is -0.374 e. The van der Waals surface area contributed by atoms with Crippen LogP contribution in [0.5, 0.6) is 0 Å². The zero-order valence-electron chi connectivity index (χ0n) is 14.9. The fraction of sp³-hybridized carbons (Fsp3) is 0.474. The van der Waals surface area contributed by atoms with Gasteiger partial charge >= 0.3 is 0 Å². The first-order valence-electron chi connectivity index (χ1n) is 8.85. The van der Waals surface area contributed by atoms with Crippen molar-refractivity contribution in [3.63, 3.8) is 0 Å². The van der Waals surface area contributed by atoms with E-state index >= 15 is 0 Å². The van der Waals surface area contributed by atoms with E-state index in [-0.39, 0.29) is 12.0 Å². The third kappa shape index (κ3) is 4.90. The highest BCUT2D eigenvalue weighted by molar-refractivity contribution is 5.92. The third-order valence-electron chi connectivity index (χ3n) is 4.18. The maximum absolute atomic E-state index is 12.3. The lowest BCUT2D eigenvalue weighted by molar-refractivity contribution is -0.0295. The lowest BCUT2D eigenvalue weighted by atomic mass is 10.2. The fourth-order valence-electron chi connectivity index (χ4n) is 3.05. The highest BCUT2D eigenvalue weighted by Crippen LogP contribution is 2.09. The molecule has 25 heavy (non-hydrogen) atoms. The first-order valence-corrected chi connectivity index (χ1v) is 8.85. The van der Waals surface area contributed by atoms with Gasteiger partial charge in [0.15, 0.2) is 5.69 Å². The van der Waals surface area contributed by atoms with Gasteiger partial charge in [-0.2, -0.15) is 5.10 Å². The number of hydrogen-bond donors (Lipinski definition) is 1. The van der Waals surface area contributed by atoms with Gasteiger partial charge in [0.2, 0.25) is 0 Å². The molecule has 1 saturated heterocycles. The Hall–Kier alpha value is -2.18. The van der Waals surface area contributed by atoms with E-state index in [4.69, 9.17) is 4.74 Å². The number of benzene rings is 1. The maximum atomic E-state index is 12.3. The van der Waals surface area contributed by atoms with Gasteiger partial charge in [0, 0.05) is 32.4 Å². The van der Waals surface area contributed by atoms with Crippen LogP contribution in [-0.4, -0.2) is 59.5 Å². The van der Waals surface area contributed by atoms with Gasteiger partial charge in [0.05, 0.1) is 18.4 Å². The van der Waals surface area contributed by atoms with Crippen LogP contribution >= 0.6 is 0 Å². The zero-order chi connectivity index (χ0) is 17.6. The summed E-state index contributed by atoms with van der Waals surface area (Å²) in [6, 6.07) is 11.5. The number of rotatable bonds is 6. The van der Waals surface area contributed by atoms with Gasteiger partial charge in [-0.05, 0) is 24.1 Å². The lowest BCUT2D eigenvalue weighted by Gasteiger charge is -2.33. The van der Waals surface area contributed by atoms with Crippen molar-refractivity contribution in [1.82, 2.24) is 20.0 Å². The quantitative estimate of drug-likeness (QED) is 0.872. The van der Waals surface area contributed by atoms with Gasteiger partial charge in [-0.15, -0.1) is 0 Å². The highest BCUT2D eigenvalue weighted by Gasteiger charge is 2.22. The molecule has 0 spiro atoms. The fourth-order valence-corrected chi connectivity index (χ4v) is 3.05. The standard InChI is InChI=1S/C19H26N4O2/c1-15(2)13-22-10-11-25-17(14-22)12-20-19(24)18-8-9-23(21-18)16-6-4-3-5-7-16/h3-9,15,17H,10-14H2,1-2H3,(H,20,24)/t17-/m0/s1. The van der Waals surface area contributed by atoms with Crippen molar-refractivity contribution >= 4 is 5.91 Å². The number of para-hydroxylation sites is 1. The molecule has 1 aromatic heterocycles. The van der Waals surface area contributed by atoms with Crippen LogP contribution in [0.15, 0.2) is 42.6 Å². The second-order valence-corrected chi connectivity index (χ2v) is 6.84. The maximum Gasteiger partial charge on any atom is 0.271 e. The van der Waals surface area contributed by atoms with Crippen molar-refractivity contribution in [2.24, 2.45) is 5.92 Å². The van der Waals surface area contributed by atoms with Crippen LogP contribution in [0.3, 0.4) is 0 Å². The van der Waals surface area contributed by atoms with E-state index in [1.165, 1.54) is 0 Å². The van der Waals surface area contributed by atoms with Crippen molar-refractivity contribution < 1.29 is 9.53 Å². The largest absolute Gasteiger partial charge is 0.374 e. The van der Waals surface area contributed by atoms with Gasteiger partial charge in [-0.25, -0.2) is 4.68 Å². The Morgan fingerprint density at radius 2 is 2.12 bits per heavy atom. The van der Waals surface area contributed by atoms with Crippen molar-refractivity contribution in [3.8, 4) is 5.69 Å². The molecule has 3 rings (SSSR count). The molecule has 1 fully saturated rings. The Bertz CT molecular complexity index is 684. The summed E-state index contributed by atoms with van der Waals surface area (Å²) in [4.78, 5) is 14.7. The predicted octanol–water partition coefficient (Wildman–Crippen LogP) is 1.96. The third-order valence-corrected chi connectivity index (χ3v) is 4.18. The molecule has 1 aliphatic heterocycles. The molecule has 0 bridgehead atoms. The van der Waals surface area contributed by atoms with E-state index in [9.17, 15) is 4.79 Å². The molecule has 0 aliphatic carbocycles. The number of ether oxygens (including phenoxy) is 1. The highest BCUT2D eigenvalue weighted by atomic mass is 16.5. The van der Waals surface area contributed by atoms with Gasteiger partial charge in [0.25, 0.3) is 5.91 Å². The number of carbonyl (C=O) groups excluding carboxylic acids is 1. The molecular formula is C19H26N4O2. The van der Waals surface area contributed by atoms with E-state index < -0.39 is 0 Å². The normalized spacial score (nSPS) is 18.4. The summed E-state index contributed by atoms with van der Waals surface area (Å²) in [5, 5.41) is 7.29. The molecule has 1 atom stereocenters. The predicted molar refractivity (Wildman–Crippen MR) is 96.9 cm³/mol. The summed E-state index contributed by atoms with van der Waals surface area (Å²) in [6.07, 6.45) is 1.83. The van der Waals surface area contributed by atoms with Crippen LogP contribution in [-0.2, 0) is 4.74 Å². The number of aromatic nitrogens is 2. The Balaban J connectivity index is 1.52. The molecular weight excluding hydrogens is 316 g/mol. The Labute approximate surface area is 148 Å². The summed E-state index contributed by atoms with van der Waals surface area (Å²) in [7, 11) is 0. The Morgan fingerprint density at radius 1 is 1.32 bits per heavy atom. The van der Waals surface area contributed by atoms with Crippen LogP contribution < -0.4 is 5.32 Å². The van der Waals surface area contributed by atoms with Gasteiger partial charge in [0.1, 0.15) is 0 Å². The van der Waals surface area contributed by atoms with Gasteiger partial charge in [-0.1, -0.05) is 32.0 Å². The molecule has 6 heteroatoms. The summed E-state index contributed by atoms with van der Waals surface area (Å²) < 4.78 is 7.47. The first-order chi connectivity index (χ1) is 12.1. The molecule has 134 valence electrons. The van der Waals surface area contributed by atoms with Crippen molar-refractivity contribution in [3.05, 3.63) is 48.3 Å². The van der Waals surface area contributed by atoms with Crippen LogP contribution in [0.25, 0.3) is 5.69 Å². The van der Waals surface area contributed by atoms with Crippen molar-refractivity contribution in [2.45, 2.75) is 20.0 Å². The summed E-state index contributed by atoms with van der Waals surface area (Å²) in [5.74, 6) is 0.467. The molecule has 2 heterocycles. The number of hydrogen-bond acceptors (Lipinski definition) is 4. The van der Waals surface area contributed by atoms with Crippen LogP contribution in [0.4, 0.5) is 0 Å². The number of amides is 1. The molecule has 1 N–H and O–H groups in total. The van der Waals surface area contributed by atoms with Crippen LogP contribution in [0, 0.1) is 5.92 Å². The average Bonchev–Trinajstić information content (AvgIpc) is 3.10. The molecule has 0 radical (unpaired) electrons. The topological polar surface area (TPSA) is 59.4 Å². The first kappa shape index (κ1) is 17.6. The second kappa shape index (κ2) is 8.27. The summed E-state index contributed by atoms with van der Waals surface area (Å²) in [5.41, 5.74) is 1.35. The van der Waals surface area contributed by atoms with E-state index in [0.717, 1.165) is 31.9 Å². The SMILES string of the molecule is CC(C)CN1CCO[C@@H](CNC(=O)c2ccn(-c3ccccc3)n2)C1. The molecule has 1 amide bonds. The molecule has 1 aliphatic rings. The zero-order valence-corrected chi connectivity index (χ0v) is 14.9. The molecule has 0 unspecified atom stereocenters. The van der Waals surface area contributed by atoms with E-state index in [0.29, 0.717) is 18.2 Å². The van der Waals surface area contributed by atoms with E-state index in [2.05, 4.69) is 29.2 Å². The average molecular weight is 342 g/mol. The molecule has 6 nitrogen and oxygen atoms in total. The number of carbonyl (C=O) groups is 1. The van der Waals surface area contributed by atoms with Crippen LogP contribution in [0.2, 0.25) is 0 Å². The van der Waals surface area contributed by atoms with Gasteiger partial charge < -0.3 is 10.1 Å². The number of nitrogens with one attached hydrogen (secondary N) is 1. The molecule has 0 saturated carbocycles. The lowest BCUT2D eigenvalue weighted by Crippen LogP contribution is -2.48. The minimum absolute atomic E-state index is 0.0349.